The lowest BCUT2D eigenvalue weighted by molar-refractivity contribution is 0.199. The van der Waals surface area contributed by atoms with E-state index in [9.17, 15) is 0 Å². The molecule has 0 aromatic heterocycles. The number of hydrogen-bond acceptors (Lipinski definition) is 4. The zero-order valence-corrected chi connectivity index (χ0v) is 14.2. The van der Waals surface area contributed by atoms with Crippen molar-refractivity contribution in [2.75, 3.05) is 38.9 Å². The van der Waals surface area contributed by atoms with Gasteiger partial charge in [0.25, 0.3) is 0 Å². The summed E-state index contributed by atoms with van der Waals surface area (Å²) >= 11 is 5.33. The van der Waals surface area contributed by atoms with E-state index in [1.54, 1.807) is 18.9 Å². The van der Waals surface area contributed by atoms with Crippen LogP contribution in [0.5, 0.6) is 5.75 Å². The van der Waals surface area contributed by atoms with Crippen LogP contribution in [0.25, 0.3) is 0 Å². The van der Waals surface area contributed by atoms with Crippen LogP contribution >= 0.6 is 27.7 Å². The predicted octanol–water partition coefficient (Wildman–Crippen LogP) is 3.24. The first-order valence-electron chi connectivity index (χ1n) is 6.29. The maximum Gasteiger partial charge on any atom is 0.126 e. The van der Waals surface area contributed by atoms with Crippen LogP contribution < -0.4 is 10.1 Å². The molecule has 1 rings (SSSR count). The lowest BCUT2D eigenvalue weighted by Gasteiger charge is -2.15. The molecule has 0 aliphatic carbocycles. The molecule has 0 fully saturated rings. The second-order valence-electron chi connectivity index (χ2n) is 4.22. The van der Waals surface area contributed by atoms with Crippen LogP contribution in [-0.2, 0) is 11.3 Å². The summed E-state index contributed by atoms with van der Waals surface area (Å²) in [4.78, 5) is 0. The Kier molecular flexibility index (Phi) is 8.53. The van der Waals surface area contributed by atoms with E-state index >= 15 is 0 Å². The monoisotopic (exact) mass is 347 g/mol. The highest BCUT2D eigenvalue weighted by atomic mass is 79.9. The number of rotatable bonds is 9. The molecule has 19 heavy (non-hydrogen) atoms. The number of ether oxygens (including phenoxy) is 2. The summed E-state index contributed by atoms with van der Waals surface area (Å²) < 4.78 is 12.0. The minimum absolute atomic E-state index is 0.718. The van der Waals surface area contributed by atoms with Crippen LogP contribution in [0.15, 0.2) is 16.6 Å². The molecule has 3 nitrogen and oxygen atoms in total. The van der Waals surface area contributed by atoms with Gasteiger partial charge >= 0.3 is 0 Å². The van der Waals surface area contributed by atoms with Gasteiger partial charge in [-0.3, -0.25) is 0 Å². The van der Waals surface area contributed by atoms with E-state index in [-0.39, 0.29) is 0 Å². The van der Waals surface area contributed by atoms with E-state index in [0.717, 1.165) is 42.3 Å². The summed E-state index contributed by atoms with van der Waals surface area (Å²) in [5, 5.41) is 3.36. The Morgan fingerprint density at radius 3 is 2.79 bits per heavy atom. The van der Waals surface area contributed by atoms with Gasteiger partial charge in [0.15, 0.2) is 0 Å². The Morgan fingerprint density at radius 1 is 1.32 bits per heavy atom. The van der Waals surface area contributed by atoms with Crippen molar-refractivity contribution in [1.29, 1.82) is 0 Å². The minimum atomic E-state index is 0.718. The van der Waals surface area contributed by atoms with Gasteiger partial charge in [-0.15, -0.1) is 0 Å². The van der Waals surface area contributed by atoms with E-state index in [2.05, 4.69) is 46.6 Å². The molecule has 0 saturated heterocycles. The van der Waals surface area contributed by atoms with Crippen molar-refractivity contribution in [3.05, 3.63) is 27.7 Å². The molecule has 0 bridgehead atoms. The summed E-state index contributed by atoms with van der Waals surface area (Å²) in [5.41, 5.74) is 2.35. The highest BCUT2D eigenvalue weighted by molar-refractivity contribution is 9.10. The van der Waals surface area contributed by atoms with Gasteiger partial charge in [0, 0.05) is 36.0 Å². The number of thioether (sulfide) groups is 1. The summed E-state index contributed by atoms with van der Waals surface area (Å²) in [7, 11) is 1.71. The first-order valence-corrected chi connectivity index (χ1v) is 8.48. The molecule has 0 spiro atoms. The Balaban J connectivity index is 2.69. The van der Waals surface area contributed by atoms with Gasteiger partial charge in [-0.05, 0) is 30.9 Å². The summed E-state index contributed by atoms with van der Waals surface area (Å²) in [6.07, 6.45) is 2.09. The SMILES string of the molecule is COCCNCc1cc(Br)cc(C)c1OCCSC. The van der Waals surface area contributed by atoms with Crippen LogP contribution in [-0.4, -0.2) is 38.9 Å². The number of halogens is 1. The maximum atomic E-state index is 5.91. The van der Waals surface area contributed by atoms with Crippen molar-refractivity contribution in [2.24, 2.45) is 0 Å². The van der Waals surface area contributed by atoms with Gasteiger partial charge in [-0.1, -0.05) is 15.9 Å². The number of hydrogen-bond donors (Lipinski definition) is 1. The fourth-order valence-corrected chi connectivity index (χ4v) is 2.63. The third-order valence-electron chi connectivity index (χ3n) is 2.65. The standard InChI is InChI=1S/C14H22BrNO2S/c1-11-8-13(15)9-12(10-16-4-5-17-2)14(11)18-6-7-19-3/h8-9,16H,4-7,10H2,1-3H3. The fraction of sp³-hybridized carbons (Fsp3) is 0.571. The largest absolute Gasteiger partial charge is 0.492 e. The zero-order valence-electron chi connectivity index (χ0n) is 11.8. The molecular formula is C14H22BrNO2S. The van der Waals surface area contributed by atoms with E-state index in [0.29, 0.717) is 0 Å². The molecule has 0 unspecified atom stereocenters. The quantitative estimate of drug-likeness (QED) is 0.694. The third-order valence-corrected chi connectivity index (χ3v) is 3.68. The molecule has 0 amide bonds. The smallest absolute Gasteiger partial charge is 0.126 e. The van der Waals surface area contributed by atoms with Gasteiger partial charge < -0.3 is 14.8 Å². The first-order chi connectivity index (χ1) is 9.19. The van der Waals surface area contributed by atoms with Gasteiger partial charge in [0.2, 0.25) is 0 Å². The van der Waals surface area contributed by atoms with Crippen molar-refractivity contribution in [3.63, 3.8) is 0 Å². The highest BCUT2D eigenvalue weighted by Gasteiger charge is 2.09. The average Bonchev–Trinajstić information content (AvgIpc) is 2.37. The minimum Gasteiger partial charge on any atom is -0.492 e. The summed E-state index contributed by atoms with van der Waals surface area (Å²) in [6, 6.07) is 4.20. The molecular weight excluding hydrogens is 326 g/mol. The van der Waals surface area contributed by atoms with E-state index in [1.165, 1.54) is 11.1 Å². The molecule has 5 heteroatoms. The van der Waals surface area contributed by atoms with Crippen LogP contribution in [0, 0.1) is 6.92 Å². The summed E-state index contributed by atoms with van der Waals surface area (Å²) in [6.45, 7) is 5.17. The van der Waals surface area contributed by atoms with Crippen LogP contribution in [0.2, 0.25) is 0 Å². The number of aryl methyl sites for hydroxylation is 1. The van der Waals surface area contributed by atoms with Gasteiger partial charge in [-0.25, -0.2) is 0 Å². The second-order valence-corrected chi connectivity index (χ2v) is 6.12. The van der Waals surface area contributed by atoms with Crippen molar-refractivity contribution in [1.82, 2.24) is 5.32 Å². The predicted molar refractivity (Wildman–Crippen MR) is 86.3 cm³/mol. The lowest BCUT2D eigenvalue weighted by Crippen LogP contribution is -2.19. The first kappa shape index (κ1) is 16.8. The van der Waals surface area contributed by atoms with Crippen LogP contribution in [0.4, 0.5) is 0 Å². The Hall–Kier alpha value is -0.230. The lowest BCUT2D eigenvalue weighted by atomic mass is 10.1. The van der Waals surface area contributed by atoms with Crippen molar-refractivity contribution in [3.8, 4) is 5.75 Å². The number of methoxy groups -OCH3 is 1. The van der Waals surface area contributed by atoms with E-state index < -0.39 is 0 Å². The zero-order chi connectivity index (χ0) is 14.1. The molecule has 0 aliphatic rings. The molecule has 108 valence electrons. The van der Waals surface area contributed by atoms with E-state index in [1.807, 2.05) is 0 Å². The molecule has 1 aromatic rings. The van der Waals surface area contributed by atoms with Gasteiger partial charge in [-0.2, -0.15) is 11.8 Å². The molecule has 0 saturated carbocycles. The highest BCUT2D eigenvalue weighted by Crippen LogP contribution is 2.28. The normalized spacial score (nSPS) is 10.7. The van der Waals surface area contributed by atoms with Crippen molar-refractivity contribution in [2.45, 2.75) is 13.5 Å². The third kappa shape index (κ3) is 6.17. The molecule has 0 heterocycles. The topological polar surface area (TPSA) is 30.5 Å². The van der Waals surface area contributed by atoms with Crippen LogP contribution in [0.3, 0.4) is 0 Å². The summed E-state index contributed by atoms with van der Waals surface area (Å²) in [5.74, 6) is 2.01. The van der Waals surface area contributed by atoms with Gasteiger partial charge in [0.05, 0.1) is 13.2 Å². The molecule has 0 aliphatic heterocycles. The van der Waals surface area contributed by atoms with Crippen molar-refractivity contribution < 1.29 is 9.47 Å². The molecule has 0 radical (unpaired) electrons. The number of nitrogens with one attached hydrogen (secondary N) is 1. The van der Waals surface area contributed by atoms with Gasteiger partial charge in [0.1, 0.15) is 5.75 Å². The molecule has 1 N–H and O–H groups in total. The Labute approximate surface area is 128 Å². The molecule has 0 atom stereocenters. The molecule has 1 aromatic carbocycles. The maximum absolute atomic E-state index is 5.91. The Morgan fingerprint density at radius 2 is 2.11 bits per heavy atom. The van der Waals surface area contributed by atoms with E-state index in [4.69, 9.17) is 9.47 Å². The van der Waals surface area contributed by atoms with Crippen molar-refractivity contribution >= 4 is 27.7 Å². The number of benzene rings is 1. The Bertz CT molecular complexity index is 388. The second kappa shape index (κ2) is 9.64. The fourth-order valence-electron chi connectivity index (χ4n) is 1.76. The van der Waals surface area contributed by atoms with Crippen LogP contribution in [0.1, 0.15) is 11.1 Å². The average molecular weight is 348 g/mol.